The lowest BCUT2D eigenvalue weighted by Gasteiger charge is -2.21. The zero-order chi connectivity index (χ0) is 16.1. The summed E-state index contributed by atoms with van der Waals surface area (Å²) in [7, 11) is 0. The molecule has 0 rings (SSSR count). The molecule has 0 aromatic heterocycles. The zero-order valence-corrected chi connectivity index (χ0v) is 14.4. The van der Waals surface area contributed by atoms with Gasteiger partial charge in [0.25, 0.3) is 0 Å². The maximum Gasteiger partial charge on any atom is 0.326 e. The molecule has 0 aliphatic rings. The van der Waals surface area contributed by atoms with Crippen LogP contribution in [0.2, 0.25) is 0 Å². The molecule has 0 saturated heterocycles. The second-order valence-corrected chi connectivity index (χ2v) is 6.17. The Bertz CT molecular complexity index is 295. The molecule has 0 radical (unpaired) electrons. The number of aliphatic carboxylic acids is 1. The third kappa shape index (κ3) is 10.6. The summed E-state index contributed by atoms with van der Waals surface area (Å²) >= 11 is 1.59. The highest BCUT2D eigenvalue weighted by Crippen LogP contribution is 2.03. The minimum absolute atomic E-state index is 0.156. The Labute approximate surface area is 132 Å². The standard InChI is InChI=1S/C15H30N2O3S/c1-4-9-17(10-5-2)11-6-7-14(18)16-13(15(19)20)8-12-21-3/h13H,4-12H2,1-3H3,(H,16,18)(H,19,20). The van der Waals surface area contributed by atoms with E-state index in [4.69, 9.17) is 5.11 Å². The number of carbonyl (C=O) groups is 2. The van der Waals surface area contributed by atoms with Gasteiger partial charge in [0, 0.05) is 6.42 Å². The second kappa shape index (κ2) is 13.0. The number of nitrogens with one attached hydrogen (secondary N) is 1. The molecule has 1 atom stereocenters. The minimum atomic E-state index is -0.948. The predicted molar refractivity (Wildman–Crippen MR) is 88.8 cm³/mol. The first-order valence-electron chi connectivity index (χ1n) is 7.78. The SMILES string of the molecule is CCCN(CCC)CCCC(=O)NC(CCSC)C(=O)O. The lowest BCUT2D eigenvalue weighted by molar-refractivity contribution is -0.141. The van der Waals surface area contributed by atoms with Crippen LogP contribution in [0, 0.1) is 0 Å². The molecule has 1 unspecified atom stereocenters. The molecular weight excluding hydrogens is 288 g/mol. The average Bonchev–Trinajstić information content (AvgIpc) is 2.43. The molecule has 0 aliphatic carbocycles. The van der Waals surface area contributed by atoms with Gasteiger partial charge in [-0.15, -0.1) is 0 Å². The fraction of sp³-hybridized carbons (Fsp3) is 0.867. The minimum Gasteiger partial charge on any atom is -0.480 e. The highest BCUT2D eigenvalue weighted by molar-refractivity contribution is 7.98. The van der Waals surface area contributed by atoms with Gasteiger partial charge in [0.1, 0.15) is 6.04 Å². The van der Waals surface area contributed by atoms with Crippen molar-refractivity contribution < 1.29 is 14.7 Å². The molecular formula is C15H30N2O3S. The van der Waals surface area contributed by atoms with Crippen LogP contribution in [0.25, 0.3) is 0 Å². The predicted octanol–water partition coefficient (Wildman–Crippen LogP) is 2.21. The summed E-state index contributed by atoms with van der Waals surface area (Å²) in [4.78, 5) is 25.2. The van der Waals surface area contributed by atoms with Gasteiger partial charge in [0.05, 0.1) is 0 Å². The summed E-state index contributed by atoms with van der Waals surface area (Å²) in [6.07, 6.45) is 5.80. The Balaban J connectivity index is 4.02. The number of carboxylic acids is 1. The van der Waals surface area contributed by atoms with Gasteiger partial charge < -0.3 is 15.3 Å². The van der Waals surface area contributed by atoms with Crippen LogP contribution < -0.4 is 5.32 Å². The Morgan fingerprint density at radius 1 is 1.19 bits per heavy atom. The fourth-order valence-electron chi connectivity index (χ4n) is 2.19. The van der Waals surface area contributed by atoms with E-state index >= 15 is 0 Å². The Morgan fingerprint density at radius 3 is 2.29 bits per heavy atom. The van der Waals surface area contributed by atoms with Crippen molar-refractivity contribution in [2.75, 3.05) is 31.6 Å². The van der Waals surface area contributed by atoms with E-state index in [0.717, 1.165) is 44.6 Å². The van der Waals surface area contributed by atoms with Crippen molar-refractivity contribution in [1.82, 2.24) is 10.2 Å². The first-order chi connectivity index (χ1) is 10.0. The molecule has 0 aliphatic heterocycles. The Hall–Kier alpha value is -0.750. The smallest absolute Gasteiger partial charge is 0.326 e. The van der Waals surface area contributed by atoms with Crippen molar-refractivity contribution in [3.63, 3.8) is 0 Å². The highest BCUT2D eigenvalue weighted by atomic mass is 32.2. The lowest BCUT2D eigenvalue weighted by atomic mass is 10.2. The molecule has 124 valence electrons. The monoisotopic (exact) mass is 318 g/mol. The van der Waals surface area contributed by atoms with Crippen LogP contribution in [-0.4, -0.2) is 59.6 Å². The van der Waals surface area contributed by atoms with E-state index in [1.807, 2.05) is 6.26 Å². The molecule has 2 N–H and O–H groups in total. The maximum absolute atomic E-state index is 11.8. The van der Waals surface area contributed by atoms with Crippen molar-refractivity contribution in [1.29, 1.82) is 0 Å². The Kier molecular flexibility index (Phi) is 12.5. The van der Waals surface area contributed by atoms with Crippen molar-refractivity contribution >= 4 is 23.6 Å². The Morgan fingerprint density at radius 2 is 1.81 bits per heavy atom. The molecule has 0 bridgehead atoms. The van der Waals surface area contributed by atoms with E-state index in [9.17, 15) is 9.59 Å². The van der Waals surface area contributed by atoms with Crippen LogP contribution in [0.5, 0.6) is 0 Å². The topological polar surface area (TPSA) is 69.6 Å². The summed E-state index contributed by atoms with van der Waals surface area (Å²) < 4.78 is 0. The first kappa shape index (κ1) is 20.2. The number of hydrogen-bond donors (Lipinski definition) is 2. The van der Waals surface area contributed by atoms with Gasteiger partial charge in [-0.2, -0.15) is 11.8 Å². The van der Waals surface area contributed by atoms with Crippen molar-refractivity contribution in [3.8, 4) is 0 Å². The van der Waals surface area contributed by atoms with Gasteiger partial charge in [0.2, 0.25) is 5.91 Å². The molecule has 0 heterocycles. The molecule has 0 aromatic carbocycles. The van der Waals surface area contributed by atoms with Crippen molar-refractivity contribution in [2.24, 2.45) is 0 Å². The van der Waals surface area contributed by atoms with Gasteiger partial charge in [-0.05, 0) is 57.3 Å². The summed E-state index contributed by atoms with van der Waals surface area (Å²) in [5.41, 5.74) is 0. The van der Waals surface area contributed by atoms with E-state index in [2.05, 4.69) is 24.1 Å². The van der Waals surface area contributed by atoms with Gasteiger partial charge in [0.15, 0.2) is 0 Å². The number of rotatable bonds is 13. The van der Waals surface area contributed by atoms with Crippen LogP contribution in [0.4, 0.5) is 0 Å². The molecule has 1 amide bonds. The maximum atomic E-state index is 11.8. The van der Waals surface area contributed by atoms with Gasteiger partial charge in [-0.1, -0.05) is 13.8 Å². The van der Waals surface area contributed by atoms with Crippen LogP contribution in [0.1, 0.15) is 46.0 Å². The number of nitrogens with zero attached hydrogens (tertiary/aromatic N) is 1. The zero-order valence-electron chi connectivity index (χ0n) is 13.6. The summed E-state index contributed by atoms with van der Waals surface area (Å²) in [5.74, 6) is -0.370. The van der Waals surface area contributed by atoms with Gasteiger partial charge in [-0.3, -0.25) is 4.79 Å². The van der Waals surface area contributed by atoms with E-state index < -0.39 is 12.0 Å². The van der Waals surface area contributed by atoms with Crippen LogP contribution >= 0.6 is 11.8 Å². The van der Waals surface area contributed by atoms with Gasteiger partial charge >= 0.3 is 5.97 Å². The van der Waals surface area contributed by atoms with Crippen LogP contribution in [-0.2, 0) is 9.59 Å². The number of carboxylic acid groups (broad SMARTS) is 1. The third-order valence-electron chi connectivity index (χ3n) is 3.20. The molecule has 0 saturated carbocycles. The average molecular weight is 318 g/mol. The number of hydrogen-bond acceptors (Lipinski definition) is 4. The van der Waals surface area contributed by atoms with Crippen molar-refractivity contribution in [2.45, 2.75) is 52.0 Å². The lowest BCUT2D eigenvalue weighted by Crippen LogP contribution is -2.41. The van der Waals surface area contributed by atoms with E-state index in [0.29, 0.717) is 12.8 Å². The summed E-state index contributed by atoms with van der Waals surface area (Å²) in [6.45, 7) is 7.32. The molecule has 5 nitrogen and oxygen atoms in total. The number of amides is 1. The van der Waals surface area contributed by atoms with E-state index in [-0.39, 0.29) is 5.91 Å². The number of thioether (sulfide) groups is 1. The first-order valence-corrected chi connectivity index (χ1v) is 9.17. The van der Waals surface area contributed by atoms with Gasteiger partial charge in [-0.25, -0.2) is 4.79 Å². The molecule has 0 fully saturated rings. The molecule has 6 heteroatoms. The normalized spacial score (nSPS) is 12.4. The van der Waals surface area contributed by atoms with E-state index in [1.54, 1.807) is 11.8 Å². The molecule has 0 aromatic rings. The number of carbonyl (C=O) groups excluding carboxylic acids is 1. The summed E-state index contributed by atoms with van der Waals surface area (Å²) in [5, 5.41) is 11.7. The molecule has 0 spiro atoms. The van der Waals surface area contributed by atoms with Crippen LogP contribution in [0.3, 0.4) is 0 Å². The molecule has 21 heavy (non-hydrogen) atoms. The highest BCUT2D eigenvalue weighted by Gasteiger charge is 2.19. The van der Waals surface area contributed by atoms with Crippen molar-refractivity contribution in [3.05, 3.63) is 0 Å². The quantitative estimate of drug-likeness (QED) is 0.545. The third-order valence-corrected chi connectivity index (χ3v) is 3.85. The van der Waals surface area contributed by atoms with E-state index in [1.165, 1.54) is 0 Å². The largest absolute Gasteiger partial charge is 0.480 e. The van der Waals surface area contributed by atoms with Crippen LogP contribution in [0.15, 0.2) is 0 Å². The summed E-state index contributed by atoms with van der Waals surface area (Å²) in [6, 6.07) is -0.757. The second-order valence-electron chi connectivity index (χ2n) is 5.19. The fourth-order valence-corrected chi connectivity index (χ4v) is 2.66.